The predicted molar refractivity (Wildman–Crippen MR) is 173 cm³/mol. The van der Waals surface area contributed by atoms with Crippen LogP contribution in [0.5, 0.6) is 0 Å². The summed E-state index contributed by atoms with van der Waals surface area (Å²) in [6, 6.07) is 51.4. The average molecular weight is 537 g/mol. The molecule has 2 aromatic heterocycles. The summed E-state index contributed by atoms with van der Waals surface area (Å²) in [5.41, 5.74) is 8.55. The van der Waals surface area contributed by atoms with Crippen LogP contribution in [0.25, 0.3) is 60.6 Å². The number of nitrogens with zero attached hydrogens (tertiary/aromatic N) is 4. The van der Waals surface area contributed by atoms with Gasteiger partial charge < -0.3 is 0 Å². The zero-order chi connectivity index (χ0) is 27.6. The van der Waals surface area contributed by atoms with E-state index in [9.17, 15) is 0 Å². The third kappa shape index (κ3) is 3.36. The molecular formula is C38H24N4. The largest absolute Gasteiger partial charge is 0.295 e. The average Bonchev–Trinajstić information content (AvgIpc) is 3.38. The number of hydrogen-bond acceptors (Lipinski definition) is 3. The van der Waals surface area contributed by atoms with Gasteiger partial charge in [-0.2, -0.15) is 0 Å². The van der Waals surface area contributed by atoms with E-state index in [0.29, 0.717) is 5.95 Å². The molecule has 0 saturated carbocycles. The van der Waals surface area contributed by atoms with Crippen LogP contribution in [0, 0.1) is 0 Å². The van der Waals surface area contributed by atoms with Crippen LogP contribution in [0.4, 0.5) is 17.5 Å². The molecule has 0 unspecified atom stereocenters. The van der Waals surface area contributed by atoms with E-state index >= 15 is 0 Å². The third-order valence-corrected chi connectivity index (χ3v) is 8.30. The van der Waals surface area contributed by atoms with Crippen LogP contribution in [-0.4, -0.2) is 14.5 Å². The molecule has 0 N–H and O–H groups in total. The summed E-state index contributed by atoms with van der Waals surface area (Å²) in [7, 11) is 0. The van der Waals surface area contributed by atoms with Crippen molar-refractivity contribution >= 4 is 50.0 Å². The van der Waals surface area contributed by atoms with Crippen molar-refractivity contribution in [3.63, 3.8) is 0 Å². The van der Waals surface area contributed by atoms with Crippen LogP contribution >= 0.6 is 0 Å². The zero-order valence-corrected chi connectivity index (χ0v) is 22.6. The molecule has 6 aromatic carbocycles. The fourth-order valence-electron chi connectivity index (χ4n) is 6.40. The van der Waals surface area contributed by atoms with E-state index in [2.05, 4.69) is 143 Å². The topological polar surface area (TPSA) is 34.0 Å². The molecule has 8 aromatic rings. The van der Waals surface area contributed by atoms with Crippen molar-refractivity contribution in [2.24, 2.45) is 0 Å². The van der Waals surface area contributed by atoms with E-state index in [4.69, 9.17) is 9.97 Å². The van der Waals surface area contributed by atoms with Crippen LogP contribution in [0.15, 0.2) is 146 Å². The summed E-state index contributed by atoms with van der Waals surface area (Å²) in [6.07, 6.45) is 0. The Balaban J connectivity index is 1.45. The molecule has 1 aliphatic rings. The summed E-state index contributed by atoms with van der Waals surface area (Å²) in [5.74, 6) is 1.65. The van der Waals surface area contributed by atoms with Gasteiger partial charge in [0.25, 0.3) is 0 Å². The number of hydrogen-bond donors (Lipinski definition) is 0. The van der Waals surface area contributed by atoms with Gasteiger partial charge >= 0.3 is 0 Å². The van der Waals surface area contributed by atoms with Crippen LogP contribution in [0.2, 0.25) is 0 Å². The predicted octanol–water partition coefficient (Wildman–Crippen LogP) is 9.84. The molecule has 0 radical (unpaired) electrons. The first kappa shape index (κ1) is 23.0. The minimum Gasteiger partial charge on any atom is -0.295 e. The van der Waals surface area contributed by atoms with Gasteiger partial charge in [-0.25, -0.2) is 9.97 Å². The molecule has 4 heteroatoms. The second-order valence-electron chi connectivity index (χ2n) is 10.7. The second kappa shape index (κ2) is 8.88. The van der Waals surface area contributed by atoms with E-state index < -0.39 is 0 Å². The monoisotopic (exact) mass is 536 g/mol. The van der Waals surface area contributed by atoms with E-state index in [-0.39, 0.29) is 0 Å². The normalized spacial score (nSPS) is 12.2. The van der Waals surface area contributed by atoms with Gasteiger partial charge in [-0.1, -0.05) is 109 Å². The summed E-state index contributed by atoms with van der Waals surface area (Å²) in [4.78, 5) is 12.8. The van der Waals surface area contributed by atoms with Gasteiger partial charge in [0.1, 0.15) is 5.82 Å². The summed E-state index contributed by atoms with van der Waals surface area (Å²) >= 11 is 0. The van der Waals surface area contributed by atoms with E-state index in [1.165, 1.54) is 21.7 Å². The van der Waals surface area contributed by atoms with Gasteiger partial charge in [-0.3, -0.25) is 9.47 Å². The Labute approximate surface area is 242 Å². The van der Waals surface area contributed by atoms with Crippen molar-refractivity contribution in [1.29, 1.82) is 0 Å². The zero-order valence-electron chi connectivity index (χ0n) is 22.6. The maximum absolute atomic E-state index is 5.35. The van der Waals surface area contributed by atoms with Crippen LogP contribution in [-0.2, 0) is 0 Å². The van der Waals surface area contributed by atoms with Crippen LogP contribution in [0.3, 0.4) is 0 Å². The van der Waals surface area contributed by atoms with Gasteiger partial charge in [-0.05, 0) is 47.2 Å². The Kier molecular flexibility index (Phi) is 4.87. The van der Waals surface area contributed by atoms with Crippen molar-refractivity contribution in [1.82, 2.24) is 14.5 Å². The van der Waals surface area contributed by atoms with Gasteiger partial charge in [0.2, 0.25) is 5.95 Å². The second-order valence-corrected chi connectivity index (χ2v) is 10.7. The number of benzene rings is 6. The molecule has 0 fully saturated rings. The van der Waals surface area contributed by atoms with Crippen molar-refractivity contribution in [2.45, 2.75) is 0 Å². The first-order valence-electron chi connectivity index (χ1n) is 14.2. The van der Waals surface area contributed by atoms with Crippen molar-refractivity contribution in [3.05, 3.63) is 146 Å². The van der Waals surface area contributed by atoms with Crippen molar-refractivity contribution < 1.29 is 0 Å². The highest BCUT2D eigenvalue weighted by atomic mass is 15.3. The minimum atomic E-state index is 0.640. The van der Waals surface area contributed by atoms with E-state index in [0.717, 1.165) is 50.4 Å². The van der Waals surface area contributed by atoms with Gasteiger partial charge in [0, 0.05) is 27.5 Å². The standard InChI is InChI=1S/C38H24N4/c1-2-12-25(13-3-1)37-30-18-7-9-19-32(30)39-38(40-37)42-35-23-27-15-5-4-14-26(27)22-31(35)29-17-8-11-21-34(29)41-33-20-10-6-16-28(33)24-36(41)42/h1-24H. The Morgan fingerprint density at radius 3 is 2.05 bits per heavy atom. The Bertz CT molecular complexity index is 2320. The van der Waals surface area contributed by atoms with Gasteiger partial charge in [-0.15, -0.1) is 0 Å². The highest BCUT2D eigenvalue weighted by molar-refractivity contribution is 6.04. The smallest absolute Gasteiger partial charge is 0.236 e. The molecule has 3 heterocycles. The molecule has 0 saturated heterocycles. The molecule has 0 amide bonds. The van der Waals surface area contributed by atoms with Crippen LogP contribution in [0.1, 0.15) is 0 Å². The molecule has 9 rings (SSSR count). The number of aromatic nitrogens is 3. The maximum atomic E-state index is 5.35. The fourth-order valence-corrected chi connectivity index (χ4v) is 6.40. The Morgan fingerprint density at radius 1 is 0.476 bits per heavy atom. The maximum Gasteiger partial charge on any atom is 0.236 e. The van der Waals surface area contributed by atoms with Crippen LogP contribution < -0.4 is 4.90 Å². The lowest BCUT2D eigenvalue weighted by molar-refractivity contribution is 1.04. The molecule has 0 spiro atoms. The molecule has 0 aliphatic carbocycles. The molecule has 0 bridgehead atoms. The molecule has 0 atom stereocenters. The quantitative estimate of drug-likeness (QED) is 0.220. The summed E-state index contributed by atoms with van der Waals surface area (Å²) in [5, 5.41) is 4.57. The fraction of sp³-hybridized carbons (Fsp3) is 0. The van der Waals surface area contributed by atoms with E-state index in [1.807, 2.05) is 12.1 Å². The SMILES string of the molecule is c1ccc(-c2nc(N3c4cc5ccccc5cc4-c4ccccc4-n4c3cc3ccccc34)nc3ccccc23)cc1. The molecule has 196 valence electrons. The summed E-state index contributed by atoms with van der Waals surface area (Å²) in [6.45, 7) is 0. The minimum absolute atomic E-state index is 0.640. The molecule has 42 heavy (non-hydrogen) atoms. The lowest BCUT2D eigenvalue weighted by Crippen LogP contribution is -2.16. The number of anilines is 3. The Hall–Kier alpha value is -5.74. The first-order chi connectivity index (χ1) is 20.8. The molecule has 1 aliphatic heterocycles. The third-order valence-electron chi connectivity index (χ3n) is 8.30. The Morgan fingerprint density at radius 2 is 1.17 bits per heavy atom. The summed E-state index contributed by atoms with van der Waals surface area (Å²) < 4.78 is 2.36. The number of fused-ring (bicyclic) bond motifs is 9. The number of para-hydroxylation sites is 3. The lowest BCUT2D eigenvalue weighted by Gasteiger charge is -2.25. The van der Waals surface area contributed by atoms with Gasteiger partial charge in [0.15, 0.2) is 0 Å². The highest BCUT2D eigenvalue weighted by Gasteiger charge is 2.30. The number of rotatable bonds is 2. The van der Waals surface area contributed by atoms with Crippen molar-refractivity contribution in [3.8, 4) is 28.1 Å². The molecular weight excluding hydrogens is 512 g/mol. The first-order valence-corrected chi connectivity index (χ1v) is 14.2. The van der Waals surface area contributed by atoms with E-state index in [1.54, 1.807) is 0 Å². The van der Waals surface area contributed by atoms with Crippen molar-refractivity contribution in [2.75, 3.05) is 4.90 Å². The lowest BCUT2D eigenvalue weighted by atomic mass is 9.97. The van der Waals surface area contributed by atoms with Gasteiger partial charge in [0.05, 0.1) is 28.1 Å². The highest BCUT2D eigenvalue weighted by Crippen LogP contribution is 2.49. The molecule has 4 nitrogen and oxygen atoms in total.